The van der Waals surface area contributed by atoms with Gasteiger partial charge < -0.3 is 10.2 Å². The van der Waals surface area contributed by atoms with Gasteiger partial charge in [0.25, 0.3) is 0 Å². The number of rotatable bonds is 2. The normalized spacial score (nSPS) is 31.6. The van der Waals surface area contributed by atoms with Crippen molar-refractivity contribution in [2.75, 3.05) is 6.54 Å². The van der Waals surface area contributed by atoms with Crippen LogP contribution in [0.15, 0.2) is 0 Å². The van der Waals surface area contributed by atoms with Crippen molar-refractivity contribution in [2.45, 2.75) is 63.5 Å². The average Bonchev–Trinajstić information content (AvgIpc) is 2.75. The van der Waals surface area contributed by atoms with Crippen molar-refractivity contribution in [3.8, 4) is 0 Å². The Morgan fingerprint density at radius 3 is 2.44 bits per heavy atom. The summed E-state index contributed by atoms with van der Waals surface area (Å²) in [6.07, 6.45) is 7.55. The molecule has 18 heavy (non-hydrogen) atoms. The Bertz CT molecular complexity index is 370. The minimum atomic E-state index is -0.501. The van der Waals surface area contributed by atoms with E-state index in [0.29, 0.717) is 5.92 Å². The second kappa shape index (κ2) is 4.25. The number of carbonyl (C=O) groups excluding carboxylic acids is 2. The van der Waals surface area contributed by atoms with Crippen LogP contribution < -0.4 is 5.32 Å². The lowest BCUT2D eigenvalue weighted by Gasteiger charge is -2.48. The minimum Gasteiger partial charge on any atom is -0.343 e. The molecular weight excluding hydrogens is 228 g/mol. The van der Waals surface area contributed by atoms with E-state index >= 15 is 0 Å². The standard InChI is InChI=1S/C14H22N2O2/c1-10-12(17)16(9-11-5-4-6-11)14(13(18)15-10)7-2-3-8-14/h10-11H,2-9H2,1H3,(H,15,18). The van der Waals surface area contributed by atoms with Gasteiger partial charge in [-0.2, -0.15) is 0 Å². The van der Waals surface area contributed by atoms with Crippen LogP contribution in [0, 0.1) is 5.92 Å². The van der Waals surface area contributed by atoms with Gasteiger partial charge >= 0.3 is 0 Å². The van der Waals surface area contributed by atoms with Crippen molar-refractivity contribution in [2.24, 2.45) is 5.92 Å². The molecule has 1 atom stereocenters. The van der Waals surface area contributed by atoms with Crippen molar-refractivity contribution in [3.63, 3.8) is 0 Å². The number of carbonyl (C=O) groups is 2. The molecule has 4 nitrogen and oxygen atoms in total. The predicted molar refractivity (Wildman–Crippen MR) is 67.9 cm³/mol. The van der Waals surface area contributed by atoms with Crippen LogP contribution in [0.2, 0.25) is 0 Å². The van der Waals surface area contributed by atoms with Gasteiger partial charge in [-0.25, -0.2) is 0 Å². The number of hydrogen-bond donors (Lipinski definition) is 1. The third-order valence-electron chi connectivity index (χ3n) is 5.02. The van der Waals surface area contributed by atoms with Crippen LogP contribution in [-0.2, 0) is 9.59 Å². The van der Waals surface area contributed by atoms with E-state index in [9.17, 15) is 9.59 Å². The van der Waals surface area contributed by atoms with E-state index in [1.54, 1.807) is 6.92 Å². The molecular formula is C14H22N2O2. The highest BCUT2D eigenvalue weighted by molar-refractivity contribution is 5.99. The van der Waals surface area contributed by atoms with Crippen molar-refractivity contribution in [1.82, 2.24) is 10.2 Å². The molecule has 3 rings (SSSR count). The Labute approximate surface area is 108 Å². The van der Waals surface area contributed by atoms with E-state index < -0.39 is 5.54 Å². The minimum absolute atomic E-state index is 0.0893. The first kappa shape index (κ1) is 12.0. The summed E-state index contributed by atoms with van der Waals surface area (Å²) in [4.78, 5) is 26.7. The number of hydrogen-bond acceptors (Lipinski definition) is 2. The SMILES string of the molecule is CC1NC(=O)C2(CCCC2)N(CC2CCC2)C1=O. The van der Waals surface area contributed by atoms with Crippen molar-refractivity contribution >= 4 is 11.8 Å². The molecule has 2 amide bonds. The maximum absolute atomic E-state index is 12.4. The molecule has 4 heteroatoms. The van der Waals surface area contributed by atoms with Crippen molar-refractivity contribution in [3.05, 3.63) is 0 Å². The van der Waals surface area contributed by atoms with Crippen LogP contribution in [0.1, 0.15) is 51.9 Å². The second-order valence-electron chi connectivity index (χ2n) is 6.18. The highest BCUT2D eigenvalue weighted by atomic mass is 16.2. The highest BCUT2D eigenvalue weighted by Crippen LogP contribution is 2.40. The van der Waals surface area contributed by atoms with Crippen LogP contribution >= 0.6 is 0 Å². The van der Waals surface area contributed by atoms with Crippen molar-refractivity contribution in [1.29, 1.82) is 0 Å². The van der Waals surface area contributed by atoms with Crippen LogP contribution in [0.4, 0.5) is 0 Å². The number of amides is 2. The van der Waals surface area contributed by atoms with Gasteiger partial charge in [-0.3, -0.25) is 9.59 Å². The molecule has 3 aliphatic rings. The highest BCUT2D eigenvalue weighted by Gasteiger charge is 2.53. The number of nitrogens with zero attached hydrogens (tertiary/aromatic N) is 1. The molecule has 100 valence electrons. The molecule has 1 heterocycles. The van der Waals surface area contributed by atoms with Gasteiger partial charge in [0, 0.05) is 6.54 Å². The fourth-order valence-corrected chi connectivity index (χ4v) is 3.62. The van der Waals surface area contributed by atoms with E-state index in [1.807, 2.05) is 4.90 Å². The molecule has 2 aliphatic carbocycles. The lowest BCUT2D eigenvalue weighted by Crippen LogP contribution is -2.69. The zero-order chi connectivity index (χ0) is 12.8. The smallest absolute Gasteiger partial charge is 0.246 e. The molecule has 1 N–H and O–H groups in total. The summed E-state index contributed by atoms with van der Waals surface area (Å²) in [5.41, 5.74) is -0.501. The third kappa shape index (κ3) is 1.65. The quantitative estimate of drug-likeness (QED) is 0.806. The van der Waals surface area contributed by atoms with Gasteiger partial charge in [-0.15, -0.1) is 0 Å². The van der Waals surface area contributed by atoms with Gasteiger partial charge in [-0.1, -0.05) is 19.3 Å². The summed E-state index contributed by atoms with van der Waals surface area (Å²) < 4.78 is 0. The molecule has 2 saturated carbocycles. The first-order chi connectivity index (χ1) is 8.63. The Morgan fingerprint density at radius 1 is 1.22 bits per heavy atom. The summed E-state index contributed by atoms with van der Waals surface area (Å²) in [5.74, 6) is 0.847. The molecule has 0 bridgehead atoms. The van der Waals surface area contributed by atoms with Gasteiger partial charge in [0.05, 0.1) is 0 Å². The zero-order valence-corrected chi connectivity index (χ0v) is 11.1. The monoisotopic (exact) mass is 250 g/mol. The largest absolute Gasteiger partial charge is 0.343 e. The summed E-state index contributed by atoms with van der Waals surface area (Å²) >= 11 is 0. The van der Waals surface area contributed by atoms with E-state index in [4.69, 9.17) is 0 Å². The maximum atomic E-state index is 12.4. The molecule has 0 aromatic carbocycles. The predicted octanol–water partition coefficient (Wildman–Crippen LogP) is 1.45. The molecule has 0 aromatic rings. The number of piperazine rings is 1. The van der Waals surface area contributed by atoms with Gasteiger partial charge in [-0.05, 0) is 38.5 Å². The Hall–Kier alpha value is -1.06. The van der Waals surface area contributed by atoms with Crippen LogP contribution in [0.5, 0.6) is 0 Å². The molecule has 0 radical (unpaired) electrons. The van der Waals surface area contributed by atoms with E-state index in [0.717, 1.165) is 32.2 Å². The lowest BCUT2D eigenvalue weighted by atomic mass is 9.82. The fraction of sp³-hybridized carbons (Fsp3) is 0.857. The summed E-state index contributed by atoms with van der Waals surface area (Å²) in [5, 5.41) is 2.87. The molecule has 3 fully saturated rings. The van der Waals surface area contributed by atoms with E-state index in [1.165, 1.54) is 19.3 Å². The van der Waals surface area contributed by atoms with Crippen LogP contribution in [-0.4, -0.2) is 34.8 Å². The molecule has 1 aliphatic heterocycles. The Kier molecular flexibility index (Phi) is 2.83. The maximum Gasteiger partial charge on any atom is 0.246 e. The first-order valence-corrected chi connectivity index (χ1v) is 7.26. The molecule has 1 unspecified atom stereocenters. The van der Waals surface area contributed by atoms with Crippen LogP contribution in [0.25, 0.3) is 0 Å². The molecule has 1 spiro atoms. The third-order valence-corrected chi connectivity index (χ3v) is 5.02. The summed E-state index contributed by atoms with van der Waals surface area (Å²) in [7, 11) is 0. The second-order valence-corrected chi connectivity index (χ2v) is 6.18. The Balaban J connectivity index is 1.86. The Morgan fingerprint density at radius 2 is 1.89 bits per heavy atom. The zero-order valence-electron chi connectivity index (χ0n) is 11.1. The summed E-state index contributed by atoms with van der Waals surface area (Å²) in [6, 6.07) is -0.344. The van der Waals surface area contributed by atoms with Gasteiger partial charge in [0.1, 0.15) is 11.6 Å². The van der Waals surface area contributed by atoms with E-state index in [2.05, 4.69) is 5.32 Å². The molecule has 0 aromatic heterocycles. The lowest BCUT2D eigenvalue weighted by molar-refractivity contribution is -0.158. The number of nitrogens with one attached hydrogen (secondary N) is 1. The van der Waals surface area contributed by atoms with Crippen LogP contribution in [0.3, 0.4) is 0 Å². The van der Waals surface area contributed by atoms with Gasteiger partial charge in [0.2, 0.25) is 11.8 Å². The fourth-order valence-electron chi connectivity index (χ4n) is 3.62. The van der Waals surface area contributed by atoms with Crippen molar-refractivity contribution < 1.29 is 9.59 Å². The first-order valence-electron chi connectivity index (χ1n) is 7.26. The van der Waals surface area contributed by atoms with E-state index in [-0.39, 0.29) is 17.9 Å². The average molecular weight is 250 g/mol. The molecule has 1 saturated heterocycles. The topological polar surface area (TPSA) is 49.4 Å². The van der Waals surface area contributed by atoms with Gasteiger partial charge in [0.15, 0.2) is 0 Å². The summed E-state index contributed by atoms with van der Waals surface area (Å²) in [6.45, 7) is 2.60.